The summed E-state index contributed by atoms with van der Waals surface area (Å²) in [7, 11) is -9.90. The molecule has 17 nitrogen and oxygen atoms in total. The molecule has 0 aliphatic carbocycles. The lowest BCUT2D eigenvalue weighted by molar-refractivity contribution is -0.161. The van der Waals surface area contributed by atoms with E-state index in [0.29, 0.717) is 31.6 Å². The first kappa shape index (κ1) is 90.1. The Balaban J connectivity index is 5.24. The van der Waals surface area contributed by atoms with Crippen molar-refractivity contribution in [2.45, 2.75) is 394 Å². The number of carbonyl (C=O) groups excluding carboxylic acids is 4. The van der Waals surface area contributed by atoms with Gasteiger partial charge in [-0.1, -0.05) is 324 Å². The molecule has 0 aromatic heterocycles. The molecule has 0 heterocycles. The molecular formula is C73H142O17P2. The van der Waals surface area contributed by atoms with E-state index in [-0.39, 0.29) is 25.7 Å². The molecule has 0 saturated heterocycles. The van der Waals surface area contributed by atoms with Gasteiger partial charge in [0.05, 0.1) is 26.4 Å². The fraction of sp³-hybridized carbons (Fsp3) is 0.945. The minimum Gasteiger partial charge on any atom is -0.462 e. The molecule has 0 fully saturated rings. The van der Waals surface area contributed by atoms with E-state index in [9.17, 15) is 43.2 Å². The van der Waals surface area contributed by atoms with Crippen molar-refractivity contribution in [3.63, 3.8) is 0 Å². The predicted octanol–water partition coefficient (Wildman–Crippen LogP) is 21.2. The Morgan fingerprint density at radius 1 is 0.293 bits per heavy atom. The molecule has 0 saturated carbocycles. The van der Waals surface area contributed by atoms with Crippen molar-refractivity contribution >= 4 is 39.5 Å². The summed E-state index contributed by atoms with van der Waals surface area (Å²) in [4.78, 5) is 72.6. The van der Waals surface area contributed by atoms with Crippen LogP contribution >= 0.6 is 15.6 Å². The molecule has 2 unspecified atom stereocenters. The van der Waals surface area contributed by atoms with Gasteiger partial charge in [-0.25, -0.2) is 9.13 Å². The number of unbranched alkanes of at least 4 members (excludes halogenated alkanes) is 42. The number of phosphoric acid groups is 2. The zero-order valence-electron chi connectivity index (χ0n) is 59.9. The number of phosphoric ester groups is 2. The van der Waals surface area contributed by atoms with E-state index in [2.05, 4.69) is 41.5 Å². The lowest BCUT2D eigenvalue weighted by Gasteiger charge is -2.21. The molecule has 0 bridgehead atoms. The van der Waals surface area contributed by atoms with E-state index in [4.69, 9.17) is 37.0 Å². The van der Waals surface area contributed by atoms with Crippen molar-refractivity contribution in [2.75, 3.05) is 39.6 Å². The monoisotopic (exact) mass is 1350 g/mol. The highest BCUT2D eigenvalue weighted by Gasteiger charge is 2.30. The van der Waals surface area contributed by atoms with E-state index in [1.165, 1.54) is 186 Å². The summed E-state index contributed by atoms with van der Waals surface area (Å²) < 4.78 is 68.4. The topological polar surface area (TPSA) is 237 Å². The molecule has 92 heavy (non-hydrogen) atoms. The Bertz CT molecular complexity index is 1790. The van der Waals surface area contributed by atoms with Gasteiger partial charge in [0.15, 0.2) is 12.2 Å². The van der Waals surface area contributed by atoms with Crippen molar-refractivity contribution in [3.8, 4) is 0 Å². The highest BCUT2D eigenvalue weighted by Crippen LogP contribution is 2.45. The second kappa shape index (κ2) is 65.0. The van der Waals surface area contributed by atoms with Crippen LogP contribution in [0.4, 0.5) is 0 Å². The second-order valence-electron chi connectivity index (χ2n) is 27.3. The summed E-state index contributed by atoms with van der Waals surface area (Å²) in [6.07, 6.45) is 51.4. The molecule has 0 radical (unpaired) electrons. The van der Waals surface area contributed by atoms with Gasteiger partial charge in [-0.05, 0) is 37.5 Å². The summed E-state index contributed by atoms with van der Waals surface area (Å²) in [5.74, 6) is -0.658. The average Bonchev–Trinajstić information content (AvgIpc) is 3.73. The summed E-state index contributed by atoms with van der Waals surface area (Å²) in [6, 6.07) is 0. The van der Waals surface area contributed by atoms with Gasteiger partial charge in [0.25, 0.3) is 0 Å². The summed E-state index contributed by atoms with van der Waals surface area (Å²) >= 11 is 0. The average molecular weight is 1350 g/mol. The van der Waals surface area contributed by atoms with Crippen molar-refractivity contribution in [2.24, 2.45) is 11.8 Å². The molecule has 0 aromatic carbocycles. The number of aliphatic hydroxyl groups excluding tert-OH is 1. The van der Waals surface area contributed by atoms with Gasteiger partial charge in [0.2, 0.25) is 0 Å². The largest absolute Gasteiger partial charge is 0.472 e. The maximum atomic E-state index is 13.1. The summed E-state index contributed by atoms with van der Waals surface area (Å²) in [5, 5.41) is 10.6. The SMILES string of the molecule is CCCCCCCCCCCCCCCCCCC(=O)O[C@H](COC(=O)CCCCCCCCCCCCCCC(C)C)COP(=O)(O)OC[C@@H](O)COP(=O)(O)OC[C@@H](COC(=O)CCCCCCCCC(C)C)OC(=O)CCCCCCCCCCCCCC. The summed E-state index contributed by atoms with van der Waals surface area (Å²) in [6.45, 7) is 9.51. The highest BCUT2D eigenvalue weighted by molar-refractivity contribution is 7.47. The molecule has 0 aliphatic heterocycles. The number of rotatable bonds is 72. The van der Waals surface area contributed by atoms with E-state index in [1.54, 1.807) is 0 Å². The van der Waals surface area contributed by atoms with Gasteiger partial charge in [0, 0.05) is 25.7 Å². The number of hydrogen-bond donors (Lipinski definition) is 3. The van der Waals surface area contributed by atoms with Crippen molar-refractivity contribution < 1.29 is 80.2 Å². The standard InChI is InChI=1S/C73H142O17P2/c1-7-9-11-13-15-17-19-21-22-23-24-30-34-38-46-52-58-73(78)89-68(61-83-70(75)55-49-43-36-32-29-26-25-27-31-35-41-47-53-65(3)4)63-87-91(79,80)85-59-67(74)60-86-92(81,82)88-64-69(62-84-71(76)56-50-44-40-39-42-48-54-66(5)6)90-72(77)57-51-45-37-33-28-20-18-16-14-12-10-8-2/h65-69,74H,7-64H2,1-6H3,(H,79,80)(H,81,82)/t67-,68-,69-/m1/s1. The third kappa shape index (κ3) is 66.7. The van der Waals surface area contributed by atoms with Gasteiger partial charge in [0.1, 0.15) is 19.3 Å². The smallest absolute Gasteiger partial charge is 0.462 e. The van der Waals surface area contributed by atoms with Gasteiger partial charge in [-0.2, -0.15) is 0 Å². The van der Waals surface area contributed by atoms with Crippen LogP contribution < -0.4 is 0 Å². The van der Waals surface area contributed by atoms with Crippen LogP contribution in [-0.4, -0.2) is 96.7 Å². The molecular weight excluding hydrogens is 1210 g/mol. The van der Waals surface area contributed by atoms with Gasteiger partial charge < -0.3 is 33.8 Å². The number of aliphatic hydroxyl groups is 1. The first-order valence-electron chi connectivity index (χ1n) is 38.0. The van der Waals surface area contributed by atoms with Crippen LogP contribution in [-0.2, 0) is 65.4 Å². The van der Waals surface area contributed by atoms with Gasteiger partial charge >= 0.3 is 39.5 Å². The number of esters is 4. The van der Waals surface area contributed by atoms with Crippen LogP contribution in [0.3, 0.4) is 0 Å². The Labute approximate surface area is 562 Å². The van der Waals surface area contributed by atoms with Crippen molar-refractivity contribution in [1.82, 2.24) is 0 Å². The maximum absolute atomic E-state index is 13.1. The molecule has 0 amide bonds. The molecule has 0 rings (SSSR count). The third-order valence-corrected chi connectivity index (χ3v) is 18.9. The summed E-state index contributed by atoms with van der Waals surface area (Å²) in [5.41, 5.74) is 0. The predicted molar refractivity (Wildman–Crippen MR) is 372 cm³/mol. The van der Waals surface area contributed by atoms with E-state index >= 15 is 0 Å². The highest BCUT2D eigenvalue weighted by atomic mass is 31.2. The molecule has 546 valence electrons. The van der Waals surface area contributed by atoms with Crippen LogP contribution in [0.1, 0.15) is 375 Å². The molecule has 0 aromatic rings. The molecule has 0 spiro atoms. The van der Waals surface area contributed by atoms with Crippen molar-refractivity contribution in [3.05, 3.63) is 0 Å². The lowest BCUT2D eigenvalue weighted by Crippen LogP contribution is -2.30. The molecule has 3 N–H and O–H groups in total. The Morgan fingerprint density at radius 3 is 0.739 bits per heavy atom. The van der Waals surface area contributed by atoms with Crippen LogP contribution in [0.15, 0.2) is 0 Å². The zero-order chi connectivity index (χ0) is 67.9. The van der Waals surface area contributed by atoms with Crippen LogP contribution in [0.2, 0.25) is 0 Å². The fourth-order valence-corrected chi connectivity index (χ4v) is 12.7. The Morgan fingerprint density at radius 2 is 0.500 bits per heavy atom. The Kier molecular flexibility index (Phi) is 63.7. The Hall–Kier alpha value is -1.94. The van der Waals surface area contributed by atoms with E-state index in [1.807, 2.05) is 0 Å². The minimum absolute atomic E-state index is 0.106. The normalized spacial score (nSPS) is 14.1. The maximum Gasteiger partial charge on any atom is 0.472 e. The second-order valence-corrected chi connectivity index (χ2v) is 30.2. The van der Waals surface area contributed by atoms with Crippen LogP contribution in [0.25, 0.3) is 0 Å². The van der Waals surface area contributed by atoms with E-state index in [0.717, 1.165) is 102 Å². The first-order chi connectivity index (χ1) is 44.4. The quantitative estimate of drug-likeness (QED) is 0.0222. The minimum atomic E-state index is -4.95. The van der Waals surface area contributed by atoms with Crippen LogP contribution in [0.5, 0.6) is 0 Å². The molecule has 5 atom stereocenters. The molecule has 0 aliphatic rings. The molecule has 19 heteroatoms. The number of ether oxygens (including phenoxy) is 4. The van der Waals surface area contributed by atoms with Gasteiger partial charge in [-0.3, -0.25) is 37.3 Å². The zero-order valence-corrected chi connectivity index (χ0v) is 61.6. The third-order valence-electron chi connectivity index (χ3n) is 17.0. The first-order valence-corrected chi connectivity index (χ1v) is 41.0. The fourth-order valence-electron chi connectivity index (χ4n) is 11.1. The van der Waals surface area contributed by atoms with Gasteiger partial charge in [-0.15, -0.1) is 0 Å². The number of hydrogen-bond acceptors (Lipinski definition) is 15. The lowest BCUT2D eigenvalue weighted by atomic mass is 10.0. The van der Waals surface area contributed by atoms with Crippen LogP contribution in [0, 0.1) is 11.8 Å². The van der Waals surface area contributed by atoms with Crippen molar-refractivity contribution in [1.29, 1.82) is 0 Å². The number of carbonyl (C=O) groups is 4. The van der Waals surface area contributed by atoms with E-state index < -0.39 is 97.5 Å².